The van der Waals surface area contributed by atoms with Crippen molar-refractivity contribution < 1.29 is 4.92 Å². The third kappa shape index (κ3) is 4.77. The zero-order valence-corrected chi connectivity index (χ0v) is 11.8. The van der Waals surface area contributed by atoms with Crippen LogP contribution < -0.4 is 11.1 Å². The minimum Gasteiger partial charge on any atom is -0.393 e. The van der Waals surface area contributed by atoms with Gasteiger partial charge in [0.2, 0.25) is 0 Å². The molecule has 0 aliphatic rings. The van der Waals surface area contributed by atoms with E-state index in [-0.39, 0.29) is 17.4 Å². The summed E-state index contributed by atoms with van der Waals surface area (Å²) in [5.74, 6) is 0.689. The molecule has 0 fully saturated rings. The summed E-state index contributed by atoms with van der Waals surface area (Å²) in [5.41, 5.74) is 6.33. The summed E-state index contributed by atoms with van der Waals surface area (Å²) in [6.07, 6.45) is 3.27. The number of nitro benzene ring substituents is 1. The number of nitrogens with one attached hydrogen (secondary N) is 1. The lowest BCUT2D eigenvalue weighted by atomic mass is 10.0. The highest BCUT2D eigenvalue weighted by atomic mass is 16.6. The van der Waals surface area contributed by atoms with Crippen molar-refractivity contribution in [3.8, 4) is 0 Å². The van der Waals surface area contributed by atoms with E-state index in [9.17, 15) is 10.1 Å². The number of benzene rings is 1. The Morgan fingerprint density at radius 1 is 1.32 bits per heavy atom. The van der Waals surface area contributed by atoms with Crippen LogP contribution in [0.25, 0.3) is 0 Å². The first kappa shape index (κ1) is 15.3. The molecule has 0 aromatic heterocycles. The topological polar surface area (TPSA) is 81.2 Å². The minimum absolute atomic E-state index is 0.0294. The molecule has 3 N–H and O–H groups in total. The number of rotatable bonds is 7. The van der Waals surface area contributed by atoms with E-state index >= 15 is 0 Å². The van der Waals surface area contributed by atoms with Crippen LogP contribution >= 0.6 is 0 Å². The molecule has 0 heterocycles. The van der Waals surface area contributed by atoms with Gasteiger partial charge in [-0.25, -0.2) is 0 Å². The summed E-state index contributed by atoms with van der Waals surface area (Å²) in [6.45, 7) is 6.43. The van der Waals surface area contributed by atoms with Crippen LogP contribution in [0.5, 0.6) is 0 Å². The van der Waals surface area contributed by atoms with Crippen LogP contribution in [0, 0.1) is 16.0 Å². The lowest BCUT2D eigenvalue weighted by Crippen LogP contribution is -2.16. The Morgan fingerprint density at radius 2 is 2.00 bits per heavy atom. The van der Waals surface area contributed by atoms with Crippen LogP contribution in [0.1, 0.15) is 40.0 Å². The molecule has 19 heavy (non-hydrogen) atoms. The fourth-order valence-corrected chi connectivity index (χ4v) is 2.05. The summed E-state index contributed by atoms with van der Waals surface area (Å²) in [6, 6.07) is 5.17. The number of para-hydroxylation sites is 1. The summed E-state index contributed by atoms with van der Waals surface area (Å²) in [4.78, 5) is 10.6. The molecule has 5 nitrogen and oxygen atoms in total. The second-order valence-corrected chi connectivity index (χ2v) is 5.37. The Balaban J connectivity index is 2.66. The van der Waals surface area contributed by atoms with Crippen LogP contribution in [0.3, 0.4) is 0 Å². The largest absolute Gasteiger partial charge is 0.393 e. The van der Waals surface area contributed by atoms with Crippen molar-refractivity contribution in [3.05, 3.63) is 28.3 Å². The monoisotopic (exact) mass is 265 g/mol. The Bertz CT molecular complexity index is 433. The third-order valence-electron chi connectivity index (χ3n) is 3.07. The maximum absolute atomic E-state index is 11.0. The van der Waals surface area contributed by atoms with E-state index in [1.165, 1.54) is 6.42 Å². The number of hydrogen-bond acceptors (Lipinski definition) is 4. The van der Waals surface area contributed by atoms with E-state index in [1.54, 1.807) is 18.2 Å². The van der Waals surface area contributed by atoms with Crippen molar-refractivity contribution in [2.24, 2.45) is 5.92 Å². The Hall–Kier alpha value is -1.78. The smallest absolute Gasteiger partial charge is 0.314 e. The average Bonchev–Trinajstić information content (AvgIpc) is 2.27. The molecule has 0 spiro atoms. The van der Waals surface area contributed by atoms with Crippen LogP contribution in [0.2, 0.25) is 0 Å². The second kappa shape index (κ2) is 6.97. The summed E-state index contributed by atoms with van der Waals surface area (Å²) in [7, 11) is 0. The molecule has 1 atom stereocenters. The molecule has 1 rings (SSSR count). The van der Waals surface area contributed by atoms with Gasteiger partial charge in [-0.3, -0.25) is 10.1 Å². The van der Waals surface area contributed by atoms with Crippen molar-refractivity contribution >= 4 is 17.1 Å². The van der Waals surface area contributed by atoms with Gasteiger partial charge in [0.05, 0.1) is 4.92 Å². The highest BCUT2D eigenvalue weighted by Crippen LogP contribution is 2.31. The van der Waals surface area contributed by atoms with E-state index in [2.05, 4.69) is 19.2 Å². The van der Waals surface area contributed by atoms with Gasteiger partial charge in [0.25, 0.3) is 0 Å². The Kier molecular flexibility index (Phi) is 5.60. The lowest BCUT2D eigenvalue weighted by molar-refractivity contribution is -0.383. The zero-order valence-electron chi connectivity index (χ0n) is 11.8. The Labute approximate surface area is 114 Å². The quantitative estimate of drug-likeness (QED) is 0.446. The number of nitrogens with zero attached hydrogens (tertiary/aromatic N) is 1. The molecule has 106 valence electrons. The van der Waals surface area contributed by atoms with Crippen LogP contribution in [-0.4, -0.2) is 11.0 Å². The van der Waals surface area contributed by atoms with Gasteiger partial charge < -0.3 is 11.1 Å². The number of nitro groups is 1. The summed E-state index contributed by atoms with van der Waals surface area (Å²) < 4.78 is 0. The van der Waals surface area contributed by atoms with Crippen LogP contribution in [0.4, 0.5) is 17.1 Å². The summed E-state index contributed by atoms with van der Waals surface area (Å²) in [5, 5.41) is 14.2. The highest BCUT2D eigenvalue weighted by Gasteiger charge is 2.18. The fourth-order valence-electron chi connectivity index (χ4n) is 2.05. The molecule has 0 saturated carbocycles. The second-order valence-electron chi connectivity index (χ2n) is 5.37. The van der Waals surface area contributed by atoms with E-state index in [1.807, 2.05) is 6.92 Å². The zero-order chi connectivity index (χ0) is 14.4. The fraction of sp³-hybridized carbons (Fsp3) is 0.571. The molecule has 1 aromatic rings. The molecular formula is C14H23N3O2. The van der Waals surface area contributed by atoms with Gasteiger partial charge in [0.15, 0.2) is 0 Å². The Morgan fingerprint density at radius 3 is 2.58 bits per heavy atom. The van der Waals surface area contributed by atoms with Gasteiger partial charge in [-0.2, -0.15) is 0 Å². The predicted octanol–water partition coefficient (Wildman–Crippen LogP) is 3.80. The molecule has 0 aliphatic carbocycles. The van der Waals surface area contributed by atoms with Gasteiger partial charge in [-0.1, -0.05) is 32.8 Å². The maximum Gasteiger partial charge on any atom is 0.314 e. The van der Waals surface area contributed by atoms with Gasteiger partial charge in [0.1, 0.15) is 11.4 Å². The number of nitrogen functional groups attached to an aromatic ring is 1. The number of anilines is 2. The van der Waals surface area contributed by atoms with Gasteiger partial charge in [-0.05, 0) is 31.4 Å². The standard InChI is InChI=1S/C14H23N3O2/c1-10(2)6-4-7-11(3)16-13-9-5-8-12(15)14(13)17(18)19/h5,8-11,16H,4,6-7,15H2,1-3H3. The molecule has 5 heteroatoms. The average molecular weight is 265 g/mol. The predicted molar refractivity (Wildman–Crippen MR) is 79.3 cm³/mol. The summed E-state index contributed by atoms with van der Waals surface area (Å²) >= 11 is 0. The van der Waals surface area contributed by atoms with Crippen molar-refractivity contribution in [1.82, 2.24) is 0 Å². The highest BCUT2D eigenvalue weighted by molar-refractivity contribution is 5.74. The SMILES string of the molecule is CC(C)CCCC(C)Nc1cccc(N)c1[N+](=O)[O-]. The normalized spacial score (nSPS) is 12.4. The van der Waals surface area contributed by atoms with Crippen LogP contribution in [-0.2, 0) is 0 Å². The number of hydrogen-bond donors (Lipinski definition) is 2. The van der Waals surface area contributed by atoms with Crippen LogP contribution in [0.15, 0.2) is 18.2 Å². The van der Waals surface area contributed by atoms with Gasteiger partial charge in [-0.15, -0.1) is 0 Å². The van der Waals surface area contributed by atoms with Crippen molar-refractivity contribution in [1.29, 1.82) is 0 Å². The molecule has 0 bridgehead atoms. The van der Waals surface area contributed by atoms with E-state index in [0.29, 0.717) is 11.6 Å². The maximum atomic E-state index is 11.0. The van der Waals surface area contributed by atoms with Crippen molar-refractivity contribution in [3.63, 3.8) is 0 Å². The molecule has 1 aromatic carbocycles. The lowest BCUT2D eigenvalue weighted by Gasteiger charge is -2.16. The molecule has 0 saturated heterocycles. The first-order valence-corrected chi connectivity index (χ1v) is 6.71. The molecule has 0 amide bonds. The molecule has 1 unspecified atom stereocenters. The molecular weight excluding hydrogens is 242 g/mol. The molecule has 0 radical (unpaired) electrons. The van der Waals surface area contributed by atoms with Crippen molar-refractivity contribution in [2.45, 2.75) is 46.1 Å². The third-order valence-corrected chi connectivity index (χ3v) is 3.07. The van der Waals surface area contributed by atoms with E-state index in [0.717, 1.165) is 12.8 Å². The van der Waals surface area contributed by atoms with Gasteiger partial charge >= 0.3 is 5.69 Å². The van der Waals surface area contributed by atoms with E-state index in [4.69, 9.17) is 5.73 Å². The van der Waals surface area contributed by atoms with E-state index < -0.39 is 4.92 Å². The van der Waals surface area contributed by atoms with Gasteiger partial charge in [0, 0.05) is 6.04 Å². The first-order valence-electron chi connectivity index (χ1n) is 6.71. The minimum atomic E-state index is -0.432. The van der Waals surface area contributed by atoms with Crippen molar-refractivity contribution in [2.75, 3.05) is 11.1 Å². The molecule has 0 aliphatic heterocycles. The first-order chi connectivity index (χ1) is 8.91. The number of nitrogens with two attached hydrogens (primary N) is 1.